The Kier molecular flexibility index (Phi) is 5.51. The van der Waals surface area contributed by atoms with Crippen LogP contribution in [-0.2, 0) is 16.2 Å². The van der Waals surface area contributed by atoms with E-state index in [1.165, 1.54) is 12.1 Å². The van der Waals surface area contributed by atoms with Gasteiger partial charge >= 0.3 is 0 Å². The number of oxime groups is 1. The summed E-state index contributed by atoms with van der Waals surface area (Å²) in [6.07, 6.45) is 2.58. The number of halogens is 3. The van der Waals surface area contributed by atoms with Crippen LogP contribution in [0.3, 0.4) is 0 Å². The standard InChI is InChI=1S/C20H15Cl2FN4O2/c21-13-9-24-27(11-13)10-12-4-6-14(7-5-12)25-20(28)18-8-17(26-29-18)19-15(22)2-1-3-16(19)23/h1-7,9,11,18H,8,10H2,(H,25,28). The van der Waals surface area contributed by atoms with E-state index >= 15 is 0 Å². The van der Waals surface area contributed by atoms with Crippen molar-refractivity contribution in [2.75, 3.05) is 5.32 Å². The zero-order valence-electron chi connectivity index (χ0n) is 15.0. The van der Waals surface area contributed by atoms with Crippen molar-refractivity contribution >= 4 is 40.5 Å². The van der Waals surface area contributed by atoms with Gasteiger partial charge < -0.3 is 10.2 Å². The minimum atomic E-state index is -0.855. The van der Waals surface area contributed by atoms with E-state index < -0.39 is 11.9 Å². The summed E-state index contributed by atoms with van der Waals surface area (Å²) in [5, 5.41) is 11.5. The lowest BCUT2D eigenvalue weighted by atomic mass is 10.0. The Morgan fingerprint density at radius 2 is 2.03 bits per heavy atom. The van der Waals surface area contributed by atoms with Gasteiger partial charge in [-0.05, 0) is 29.8 Å². The summed E-state index contributed by atoms with van der Waals surface area (Å²) in [5.41, 5.74) is 2.08. The molecule has 1 N–H and O–H groups in total. The van der Waals surface area contributed by atoms with Gasteiger partial charge in [0.2, 0.25) is 6.10 Å². The van der Waals surface area contributed by atoms with Crippen LogP contribution in [0.5, 0.6) is 0 Å². The topological polar surface area (TPSA) is 68.5 Å². The molecule has 1 unspecified atom stereocenters. The number of carbonyl (C=O) groups is 1. The molecule has 0 spiro atoms. The van der Waals surface area contributed by atoms with Crippen LogP contribution in [0.1, 0.15) is 17.5 Å². The molecule has 0 fully saturated rings. The van der Waals surface area contributed by atoms with Crippen LogP contribution < -0.4 is 5.32 Å². The normalized spacial score (nSPS) is 15.7. The van der Waals surface area contributed by atoms with Crippen molar-refractivity contribution in [2.45, 2.75) is 19.1 Å². The predicted molar refractivity (Wildman–Crippen MR) is 109 cm³/mol. The van der Waals surface area contributed by atoms with Crippen molar-refractivity contribution in [3.8, 4) is 0 Å². The minimum Gasteiger partial charge on any atom is -0.382 e. The van der Waals surface area contributed by atoms with E-state index in [1.54, 1.807) is 35.3 Å². The molecule has 3 aromatic rings. The first-order valence-electron chi connectivity index (χ1n) is 8.74. The molecule has 1 aliphatic rings. The fourth-order valence-corrected chi connectivity index (χ4v) is 3.40. The van der Waals surface area contributed by atoms with Crippen LogP contribution in [0.4, 0.5) is 10.1 Å². The highest BCUT2D eigenvalue weighted by atomic mass is 35.5. The molecule has 29 heavy (non-hydrogen) atoms. The first kappa shape index (κ1) is 19.4. The average molecular weight is 433 g/mol. The van der Waals surface area contributed by atoms with Gasteiger partial charge in [0.1, 0.15) is 5.82 Å². The van der Waals surface area contributed by atoms with Crippen LogP contribution in [0.25, 0.3) is 0 Å². The van der Waals surface area contributed by atoms with Crippen molar-refractivity contribution in [1.29, 1.82) is 0 Å². The third-order valence-electron chi connectivity index (χ3n) is 4.38. The zero-order valence-corrected chi connectivity index (χ0v) is 16.5. The molecule has 148 valence electrons. The summed E-state index contributed by atoms with van der Waals surface area (Å²) < 4.78 is 15.8. The van der Waals surface area contributed by atoms with Gasteiger partial charge in [-0.15, -0.1) is 0 Å². The minimum absolute atomic E-state index is 0.130. The number of benzene rings is 2. The molecule has 2 heterocycles. The van der Waals surface area contributed by atoms with Crippen LogP contribution in [0.2, 0.25) is 10.0 Å². The Bertz CT molecular complexity index is 1060. The maximum Gasteiger partial charge on any atom is 0.268 e. The van der Waals surface area contributed by atoms with Crippen LogP contribution in [0.15, 0.2) is 60.0 Å². The number of anilines is 1. The molecule has 1 aliphatic heterocycles. The molecule has 1 atom stereocenters. The highest BCUT2D eigenvalue weighted by molar-refractivity contribution is 6.34. The predicted octanol–water partition coefficient (Wildman–Crippen LogP) is 4.51. The fraction of sp³-hybridized carbons (Fsp3) is 0.150. The molecule has 0 saturated carbocycles. The van der Waals surface area contributed by atoms with Crippen molar-refractivity contribution in [3.63, 3.8) is 0 Å². The highest BCUT2D eigenvalue weighted by Crippen LogP contribution is 2.26. The smallest absolute Gasteiger partial charge is 0.268 e. The number of aromatic nitrogens is 2. The number of carbonyl (C=O) groups excluding carboxylic acids is 1. The van der Waals surface area contributed by atoms with Crippen molar-refractivity contribution in [3.05, 3.63) is 81.8 Å². The molecule has 0 saturated heterocycles. The number of hydrogen-bond acceptors (Lipinski definition) is 4. The molecule has 0 aliphatic carbocycles. The Morgan fingerprint density at radius 1 is 1.24 bits per heavy atom. The molecule has 0 bridgehead atoms. The van der Waals surface area contributed by atoms with Crippen LogP contribution in [0, 0.1) is 5.82 Å². The maximum absolute atomic E-state index is 14.0. The SMILES string of the molecule is O=C(Nc1ccc(Cn2cc(Cl)cn2)cc1)C1CC(c2c(F)cccc2Cl)=NO1. The second kappa shape index (κ2) is 8.23. The summed E-state index contributed by atoms with van der Waals surface area (Å²) in [5.74, 6) is -0.877. The van der Waals surface area contributed by atoms with Gasteiger partial charge in [-0.25, -0.2) is 4.39 Å². The molecule has 1 aromatic heterocycles. The molecular weight excluding hydrogens is 418 g/mol. The largest absolute Gasteiger partial charge is 0.382 e. The quantitative estimate of drug-likeness (QED) is 0.644. The second-order valence-electron chi connectivity index (χ2n) is 6.48. The Balaban J connectivity index is 1.36. The lowest BCUT2D eigenvalue weighted by molar-refractivity contribution is -0.125. The van der Waals surface area contributed by atoms with Gasteiger partial charge in [-0.2, -0.15) is 5.10 Å². The van der Waals surface area contributed by atoms with Gasteiger partial charge in [-0.1, -0.05) is 46.6 Å². The average Bonchev–Trinajstić information content (AvgIpc) is 3.33. The molecule has 0 radical (unpaired) electrons. The molecule has 6 nitrogen and oxygen atoms in total. The Morgan fingerprint density at radius 3 is 2.72 bits per heavy atom. The zero-order chi connectivity index (χ0) is 20.4. The third-order valence-corrected chi connectivity index (χ3v) is 4.89. The lowest BCUT2D eigenvalue weighted by Crippen LogP contribution is -2.28. The van der Waals surface area contributed by atoms with E-state index in [2.05, 4.69) is 15.6 Å². The number of nitrogens with zero attached hydrogens (tertiary/aromatic N) is 3. The number of hydrogen-bond donors (Lipinski definition) is 1. The number of amides is 1. The van der Waals surface area contributed by atoms with Crippen molar-refractivity contribution in [2.24, 2.45) is 5.16 Å². The second-order valence-corrected chi connectivity index (χ2v) is 7.32. The van der Waals surface area contributed by atoms with E-state index in [0.717, 1.165) is 5.56 Å². The fourth-order valence-electron chi connectivity index (χ4n) is 2.97. The monoisotopic (exact) mass is 432 g/mol. The van der Waals surface area contributed by atoms with Crippen molar-refractivity contribution < 1.29 is 14.0 Å². The van der Waals surface area contributed by atoms with Gasteiger partial charge in [0, 0.05) is 18.3 Å². The first-order chi connectivity index (χ1) is 14.0. The van der Waals surface area contributed by atoms with E-state index in [0.29, 0.717) is 23.0 Å². The van der Waals surface area contributed by atoms with E-state index in [-0.39, 0.29) is 22.9 Å². The first-order valence-corrected chi connectivity index (χ1v) is 9.50. The van der Waals surface area contributed by atoms with Crippen LogP contribution >= 0.6 is 23.2 Å². The van der Waals surface area contributed by atoms with Crippen LogP contribution in [-0.4, -0.2) is 27.5 Å². The number of nitrogens with one attached hydrogen (secondary N) is 1. The highest BCUT2D eigenvalue weighted by Gasteiger charge is 2.31. The molecule has 9 heteroatoms. The maximum atomic E-state index is 14.0. The van der Waals surface area contributed by atoms with Crippen molar-refractivity contribution in [1.82, 2.24) is 9.78 Å². The Labute approximate surface area is 175 Å². The lowest BCUT2D eigenvalue weighted by Gasteiger charge is -2.10. The van der Waals surface area contributed by atoms with E-state index in [9.17, 15) is 9.18 Å². The summed E-state index contributed by atoms with van der Waals surface area (Å²) in [4.78, 5) is 17.7. The third kappa shape index (κ3) is 4.41. The molecule has 1 amide bonds. The Hall–Kier alpha value is -2.90. The van der Waals surface area contributed by atoms with Gasteiger partial charge in [0.15, 0.2) is 0 Å². The van der Waals surface area contributed by atoms with Gasteiger partial charge in [0.05, 0.1) is 34.1 Å². The summed E-state index contributed by atoms with van der Waals surface area (Å²) in [6.45, 7) is 0.563. The molecule has 2 aromatic carbocycles. The van der Waals surface area contributed by atoms with Gasteiger partial charge in [-0.3, -0.25) is 9.48 Å². The van der Waals surface area contributed by atoms with E-state index in [4.69, 9.17) is 28.0 Å². The summed E-state index contributed by atoms with van der Waals surface area (Å²) in [6, 6.07) is 11.7. The summed E-state index contributed by atoms with van der Waals surface area (Å²) in [7, 11) is 0. The molecule has 4 rings (SSSR count). The van der Waals surface area contributed by atoms with E-state index in [1.807, 2.05) is 12.1 Å². The molecular formula is C20H15Cl2FN4O2. The van der Waals surface area contributed by atoms with Gasteiger partial charge in [0.25, 0.3) is 5.91 Å². The summed E-state index contributed by atoms with van der Waals surface area (Å²) >= 11 is 11.9. The number of rotatable bonds is 5.